The van der Waals surface area contributed by atoms with Crippen molar-refractivity contribution in [2.45, 2.75) is 20.4 Å². The molecule has 0 radical (unpaired) electrons. The van der Waals surface area contributed by atoms with Crippen LogP contribution in [-0.2, 0) is 6.54 Å². The third-order valence-electron chi connectivity index (χ3n) is 2.34. The van der Waals surface area contributed by atoms with Crippen molar-refractivity contribution in [2.24, 2.45) is 4.99 Å². The van der Waals surface area contributed by atoms with Gasteiger partial charge in [-0.05, 0) is 31.5 Å². The summed E-state index contributed by atoms with van der Waals surface area (Å²) < 4.78 is 12.8. The molecule has 0 bridgehead atoms. The smallest absolute Gasteiger partial charge is 0.193 e. The van der Waals surface area contributed by atoms with Gasteiger partial charge in [0.15, 0.2) is 5.96 Å². The maximum Gasteiger partial charge on any atom is 0.193 e. The molecule has 0 saturated heterocycles. The van der Waals surface area contributed by atoms with Crippen LogP contribution in [0.2, 0.25) is 0 Å². The molecule has 0 saturated carbocycles. The summed E-state index contributed by atoms with van der Waals surface area (Å²) in [5.41, 5.74) is 1.07. The molecule has 0 aliphatic rings. The first-order chi connectivity index (χ1) is 8.17. The molecule has 1 rings (SSSR count). The van der Waals surface area contributed by atoms with E-state index in [2.05, 4.69) is 10.3 Å². The van der Waals surface area contributed by atoms with E-state index in [0.29, 0.717) is 6.54 Å². The number of guanidine groups is 1. The zero-order chi connectivity index (χ0) is 12.7. The van der Waals surface area contributed by atoms with Crippen LogP contribution >= 0.6 is 24.0 Å². The Morgan fingerprint density at radius 2 is 1.89 bits per heavy atom. The van der Waals surface area contributed by atoms with Gasteiger partial charge < -0.3 is 10.2 Å². The first-order valence-corrected chi connectivity index (χ1v) is 5.91. The molecule has 0 spiro atoms. The fourth-order valence-electron chi connectivity index (χ4n) is 1.56. The van der Waals surface area contributed by atoms with Gasteiger partial charge in [0.25, 0.3) is 0 Å². The van der Waals surface area contributed by atoms with E-state index < -0.39 is 0 Å². The molecular formula is C13H21FIN3. The van der Waals surface area contributed by atoms with E-state index in [-0.39, 0.29) is 29.8 Å². The second kappa shape index (κ2) is 9.13. The van der Waals surface area contributed by atoms with Crippen LogP contribution in [0.3, 0.4) is 0 Å². The summed E-state index contributed by atoms with van der Waals surface area (Å²) >= 11 is 0. The largest absolute Gasteiger partial charge is 0.357 e. The molecule has 18 heavy (non-hydrogen) atoms. The van der Waals surface area contributed by atoms with Crippen LogP contribution in [-0.4, -0.2) is 31.0 Å². The Bertz CT molecular complexity index is 365. The summed E-state index contributed by atoms with van der Waals surface area (Å²) in [5, 5.41) is 3.22. The fourth-order valence-corrected chi connectivity index (χ4v) is 1.56. The number of hydrogen-bond acceptors (Lipinski definition) is 1. The van der Waals surface area contributed by atoms with Crippen molar-refractivity contribution in [1.82, 2.24) is 10.2 Å². The van der Waals surface area contributed by atoms with Gasteiger partial charge >= 0.3 is 0 Å². The van der Waals surface area contributed by atoms with Crippen molar-refractivity contribution < 1.29 is 4.39 Å². The van der Waals surface area contributed by atoms with Gasteiger partial charge in [-0.25, -0.2) is 4.39 Å². The first kappa shape index (κ1) is 17.2. The van der Waals surface area contributed by atoms with Gasteiger partial charge in [0.2, 0.25) is 0 Å². The van der Waals surface area contributed by atoms with Crippen LogP contribution in [0.15, 0.2) is 29.3 Å². The quantitative estimate of drug-likeness (QED) is 0.505. The Morgan fingerprint density at radius 3 is 2.39 bits per heavy atom. The van der Waals surface area contributed by atoms with E-state index in [4.69, 9.17) is 0 Å². The van der Waals surface area contributed by atoms with E-state index >= 15 is 0 Å². The third kappa shape index (κ3) is 5.66. The maximum absolute atomic E-state index is 12.8. The molecule has 0 atom stereocenters. The predicted octanol–water partition coefficient (Wildman–Crippen LogP) is 2.86. The van der Waals surface area contributed by atoms with Crippen molar-refractivity contribution in [1.29, 1.82) is 0 Å². The van der Waals surface area contributed by atoms with Crippen molar-refractivity contribution in [3.05, 3.63) is 35.6 Å². The van der Waals surface area contributed by atoms with Crippen molar-refractivity contribution >= 4 is 29.9 Å². The summed E-state index contributed by atoms with van der Waals surface area (Å²) in [5.74, 6) is 0.671. The Morgan fingerprint density at radius 1 is 1.28 bits per heavy atom. The first-order valence-electron chi connectivity index (χ1n) is 5.91. The number of hydrogen-bond donors (Lipinski definition) is 1. The minimum Gasteiger partial charge on any atom is -0.357 e. The highest BCUT2D eigenvalue weighted by atomic mass is 127. The number of rotatable bonds is 4. The van der Waals surface area contributed by atoms with Gasteiger partial charge in [-0.15, -0.1) is 24.0 Å². The molecule has 0 aromatic heterocycles. The number of nitrogens with one attached hydrogen (secondary N) is 1. The maximum atomic E-state index is 12.8. The second-order valence-corrected chi connectivity index (χ2v) is 3.81. The molecule has 0 unspecified atom stereocenters. The highest BCUT2D eigenvalue weighted by molar-refractivity contribution is 14.0. The van der Waals surface area contributed by atoms with E-state index in [1.54, 1.807) is 12.1 Å². The molecule has 3 nitrogen and oxygen atoms in total. The average Bonchev–Trinajstić information content (AvgIpc) is 2.32. The van der Waals surface area contributed by atoms with Gasteiger partial charge in [-0.1, -0.05) is 12.1 Å². The van der Waals surface area contributed by atoms with Gasteiger partial charge in [0, 0.05) is 26.7 Å². The lowest BCUT2D eigenvalue weighted by Gasteiger charge is -2.22. The lowest BCUT2D eigenvalue weighted by Crippen LogP contribution is -2.38. The van der Waals surface area contributed by atoms with Gasteiger partial charge in [0.1, 0.15) is 5.82 Å². The highest BCUT2D eigenvalue weighted by Crippen LogP contribution is 2.05. The molecule has 1 aromatic carbocycles. The molecule has 0 aliphatic heterocycles. The van der Waals surface area contributed by atoms with E-state index in [1.807, 2.05) is 25.8 Å². The number of halogens is 2. The lowest BCUT2D eigenvalue weighted by atomic mass is 10.2. The van der Waals surface area contributed by atoms with Crippen molar-refractivity contribution in [2.75, 3.05) is 20.1 Å². The monoisotopic (exact) mass is 365 g/mol. The van der Waals surface area contributed by atoms with Gasteiger partial charge in [-0.2, -0.15) is 0 Å². The third-order valence-corrected chi connectivity index (χ3v) is 2.34. The summed E-state index contributed by atoms with van der Waals surface area (Å²) in [4.78, 5) is 6.41. The summed E-state index contributed by atoms with van der Waals surface area (Å²) in [6, 6.07) is 6.54. The normalized spacial score (nSPS) is 10.8. The van der Waals surface area contributed by atoms with Crippen molar-refractivity contribution in [3.8, 4) is 0 Å². The van der Waals surface area contributed by atoms with Crippen LogP contribution in [0, 0.1) is 5.82 Å². The van der Waals surface area contributed by atoms with Crippen LogP contribution in [0.5, 0.6) is 0 Å². The molecule has 0 heterocycles. The number of benzene rings is 1. The topological polar surface area (TPSA) is 27.6 Å². The Kier molecular flexibility index (Phi) is 8.70. The van der Waals surface area contributed by atoms with Crippen LogP contribution < -0.4 is 5.32 Å². The molecule has 5 heteroatoms. The molecule has 0 fully saturated rings. The fraction of sp³-hybridized carbons (Fsp3) is 0.462. The number of nitrogens with zero attached hydrogens (tertiary/aromatic N) is 2. The van der Waals surface area contributed by atoms with E-state index in [9.17, 15) is 4.39 Å². The molecule has 1 aromatic rings. The summed E-state index contributed by atoms with van der Waals surface area (Å²) in [6.45, 7) is 6.34. The zero-order valence-electron chi connectivity index (χ0n) is 11.1. The minimum absolute atomic E-state index is 0. The zero-order valence-corrected chi connectivity index (χ0v) is 13.4. The standard InChI is InChI=1S/C13H20FN3.HI/c1-4-15-13(16-5-2)17(3)10-11-6-8-12(14)9-7-11;/h6-9H,4-5,10H2,1-3H3,(H,15,16);1H. The second-order valence-electron chi connectivity index (χ2n) is 3.81. The minimum atomic E-state index is -0.203. The van der Waals surface area contributed by atoms with Crippen LogP contribution in [0.4, 0.5) is 4.39 Å². The van der Waals surface area contributed by atoms with E-state index in [0.717, 1.165) is 24.6 Å². The SMILES string of the molecule is CCN=C(NCC)N(C)Cc1ccc(F)cc1.I. The van der Waals surface area contributed by atoms with Crippen molar-refractivity contribution in [3.63, 3.8) is 0 Å². The van der Waals surface area contributed by atoms with Crippen LogP contribution in [0.1, 0.15) is 19.4 Å². The van der Waals surface area contributed by atoms with Gasteiger partial charge in [-0.3, -0.25) is 4.99 Å². The molecular weight excluding hydrogens is 344 g/mol. The highest BCUT2D eigenvalue weighted by Gasteiger charge is 2.05. The van der Waals surface area contributed by atoms with Crippen LogP contribution in [0.25, 0.3) is 0 Å². The Hall–Kier alpha value is -0.850. The van der Waals surface area contributed by atoms with Gasteiger partial charge in [0.05, 0.1) is 0 Å². The molecule has 0 amide bonds. The lowest BCUT2D eigenvalue weighted by molar-refractivity contribution is 0.477. The molecule has 1 N–H and O–H groups in total. The Balaban J connectivity index is 0.00000289. The summed E-state index contributed by atoms with van der Waals surface area (Å²) in [6.07, 6.45) is 0. The molecule has 0 aliphatic carbocycles. The average molecular weight is 365 g/mol. The predicted molar refractivity (Wildman–Crippen MR) is 84.9 cm³/mol. The van der Waals surface area contributed by atoms with E-state index in [1.165, 1.54) is 12.1 Å². The Labute approximate surface area is 126 Å². The number of aliphatic imine (C=N–C) groups is 1. The molecule has 102 valence electrons. The summed E-state index contributed by atoms with van der Waals surface area (Å²) in [7, 11) is 1.97.